The van der Waals surface area contributed by atoms with Crippen molar-refractivity contribution < 1.29 is 0 Å². The van der Waals surface area contributed by atoms with Crippen molar-refractivity contribution in [3.05, 3.63) is 58.4 Å². The van der Waals surface area contributed by atoms with E-state index in [9.17, 15) is 0 Å². The Morgan fingerprint density at radius 3 is 2.53 bits per heavy atom. The highest BCUT2D eigenvalue weighted by Gasteiger charge is 2.01. The quantitative estimate of drug-likeness (QED) is 0.775. The van der Waals surface area contributed by atoms with E-state index in [1.54, 1.807) is 0 Å². The molecule has 1 aromatic carbocycles. The summed E-state index contributed by atoms with van der Waals surface area (Å²) in [6, 6.07) is 12.2. The number of halogens is 1. The molecule has 76 valence electrons. The van der Waals surface area contributed by atoms with Gasteiger partial charge in [0.2, 0.25) is 0 Å². The Balaban J connectivity index is 2.22. The number of rotatable bonds is 2. The number of aromatic nitrogens is 2. The zero-order valence-corrected chi connectivity index (χ0v) is 9.20. The number of nitrogens with zero attached hydrogens (tertiary/aromatic N) is 2. The molecular weight excluding hydrogens is 208 g/mol. The summed E-state index contributed by atoms with van der Waals surface area (Å²) in [5.74, 6) is 0. The van der Waals surface area contributed by atoms with Crippen molar-refractivity contribution >= 4 is 11.6 Å². The second-order valence-corrected chi connectivity index (χ2v) is 3.83. The van der Waals surface area contributed by atoms with E-state index in [-0.39, 0.29) is 0 Å². The molecule has 0 aliphatic carbocycles. The topological polar surface area (TPSA) is 25.8 Å². The highest BCUT2D eigenvalue weighted by atomic mass is 35.5. The Labute approximate surface area is 93.9 Å². The molecule has 0 spiro atoms. The fraction of sp³-hybridized carbons (Fsp3) is 0.167. The molecule has 0 aliphatic heterocycles. The molecule has 0 amide bonds. The van der Waals surface area contributed by atoms with E-state index in [0.717, 1.165) is 17.7 Å². The van der Waals surface area contributed by atoms with Crippen molar-refractivity contribution in [3.8, 4) is 0 Å². The van der Waals surface area contributed by atoms with E-state index in [4.69, 9.17) is 11.6 Å². The van der Waals surface area contributed by atoms with Gasteiger partial charge in [-0.3, -0.25) is 0 Å². The largest absolute Gasteiger partial charge is 0.154 e. The SMILES string of the molecule is Cc1cc(Cc2ccccc2)nnc1Cl. The summed E-state index contributed by atoms with van der Waals surface area (Å²) in [6.45, 7) is 1.94. The van der Waals surface area contributed by atoms with E-state index in [2.05, 4.69) is 22.3 Å². The van der Waals surface area contributed by atoms with Crippen LogP contribution in [0.5, 0.6) is 0 Å². The molecule has 2 aromatic rings. The summed E-state index contributed by atoms with van der Waals surface area (Å²) in [7, 11) is 0. The molecule has 0 saturated carbocycles. The molecule has 0 fully saturated rings. The summed E-state index contributed by atoms with van der Waals surface area (Å²) >= 11 is 5.81. The predicted molar refractivity (Wildman–Crippen MR) is 61.0 cm³/mol. The van der Waals surface area contributed by atoms with Crippen LogP contribution >= 0.6 is 11.6 Å². The summed E-state index contributed by atoms with van der Waals surface area (Å²) in [4.78, 5) is 0. The fourth-order valence-corrected chi connectivity index (χ4v) is 1.51. The van der Waals surface area contributed by atoms with E-state index < -0.39 is 0 Å². The lowest BCUT2D eigenvalue weighted by Gasteiger charge is -2.02. The lowest BCUT2D eigenvalue weighted by atomic mass is 10.1. The first-order valence-corrected chi connectivity index (χ1v) is 5.16. The third-order valence-electron chi connectivity index (χ3n) is 2.20. The van der Waals surface area contributed by atoms with Gasteiger partial charge in [-0.05, 0) is 24.1 Å². The lowest BCUT2D eigenvalue weighted by Crippen LogP contribution is -1.96. The van der Waals surface area contributed by atoms with Gasteiger partial charge in [0.1, 0.15) is 0 Å². The molecule has 3 heteroatoms. The maximum atomic E-state index is 5.81. The molecule has 0 bridgehead atoms. The number of aryl methyl sites for hydroxylation is 1. The highest BCUT2D eigenvalue weighted by Crippen LogP contribution is 2.13. The molecule has 1 heterocycles. The van der Waals surface area contributed by atoms with Crippen LogP contribution in [-0.4, -0.2) is 10.2 Å². The number of hydrogen-bond donors (Lipinski definition) is 0. The summed E-state index contributed by atoms with van der Waals surface area (Å²) in [5.41, 5.74) is 3.15. The first kappa shape index (κ1) is 10.1. The summed E-state index contributed by atoms with van der Waals surface area (Å²) in [6.07, 6.45) is 0.797. The minimum Gasteiger partial charge on any atom is -0.154 e. The smallest absolute Gasteiger partial charge is 0.154 e. The molecule has 1 aromatic heterocycles. The maximum Gasteiger partial charge on any atom is 0.154 e. The van der Waals surface area contributed by atoms with Gasteiger partial charge in [0.25, 0.3) is 0 Å². The van der Waals surface area contributed by atoms with Gasteiger partial charge in [-0.2, -0.15) is 5.10 Å². The molecule has 2 rings (SSSR count). The van der Waals surface area contributed by atoms with Crippen LogP contribution in [-0.2, 0) is 6.42 Å². The maximum absolute atomic E-state index is 5.81. The molecule has 0 radical (unpaired) electrons. The summed E-state index contributed by atoms with van der Waals surface area (Å²) < 4.78 is 0. The molecule has 0 aliphatic rings. The summed E-state index contributed by atoms with van der Waals surface area (Å²) in [5, 5.41) is 8.42. The predicted octanol–water partition coefficient (Wildman–Crippen LogP) is 3.03. The van der Waals surface area contributed by atoms with Crippen LogP contribution in [0.25, 0.3) is 0 Å². The van der Waals surface area contributed by atoms with Gasteiger partial charge in [0.05, 0.1) is 5.69 Å². The Kier molecular flexibility index (Phi) is 2.97. The van der Waals surface area contributed by atoms with Crippen molar-refractivity contribution in [2.75, 3.05) is 0 Å². The van der Waals surface area contributed by atoms with Gasteiger partial charge in [-0.25, -0.2) is 0 Å². The standard InChI is InChI=1S/C12H11ClN2/c1-9-7-11(14-15-12(9)13)8-10-5-3-2-4-6-10/h2-7H,8H2,1H3. The lowest BCUT2D eigenvalue weighted by molar-refractivity contribution is 0.926. The van der Waals surface area contributed by atoms with Crippen molar-refractivity contribution in [2.24, 2.45) is 0 Å². The van der Waals surface area contributed by atoms with Gasteiger partial charge in [0, 0.05) is 6.42 Å². The van der Waals surface area contributed by atoms with Gasteiger partial charge in [-0.15, -0.1) is 5.10 Å². The highest BCUT2D eigenvalue weighted by molar-refractivity contribution is 6.30. The third-order valence-corrected chi connectivity index (χ3v) is 2.58. The second-order valence-electron chi connectivity index (χ2n) is 3.47. The van der Waals surface area contributed by atoms with Crippen LogP contribution in [0.3, 0.4) is 0 Å². The molecule has 0 unspecified atom stereocenters. The minimum atomic E-state index is 0.479. The zero-order valence-electron chi connectivity index (χ0n) is 8.44. The Morgan fingerprint density at radius 2 is 1.87 bits per heavy atom. The van der Waals surface area contributed by atoms with Crippen molar-refractivity contribution in [3.63, 3.8) is 0 Å². The van der Waals surface area contributed by atoms with Gasteiger partial charge >= 0.3 is 0 Å². The average molecular weight is 219 g/mol. The zero-order chi connectivity index (χ0) is 10.7. The Morgan fingerprint density at radius 1 is 1.13 bits per heavy atom. The van der Waals surface area contributed by atoms with Crippen LogP contribution in [0.4, 0.5) is 0 Å². The second kappa shape index (κ2) is 4.41. The van der Waals surface area contributed by atoms with Crippen molar-refractivity contribution in [1.82, 2.24) is 10.2 Å². The monoisotopic (exact) mass is 218 g/mol. The fourth-order valence-electron chi connectivity index (χ4n) is 1.42. The molecule has 0 saturated heterocycles. The molecular formula is C12H11ClN2. The average Bonchev–Trinajstić information content (AvgIpc) is 2.25. The first-order chi connectivity index (χ1) is 7.25. The van der Waals surface area contributed by atoms with Crippen LogP contribution in [0.1, 0.15) is 16.8 Å². The van der Waals surface area contributed by atoms with Crippen LogP contribution in [0.15, 0.2) is 36.4 Å². The van der Waals surface area contributed by atoms with Crippen molar-refractivity contribution in [2.45, 2.75) is 13.3 Å². The third kappa shape index (κ3) is 2.54. The number of benzene rings is 1. The first-order valence-electron chi connectivity index (χ1n) is 4.78. The Bertz CT molecular complexity index is 454. The molecule has 15 heavy (non-hydrogen) atoms. The normalized spacial score (nSPS) is 10.3. The van der Waals surface area contributed by atoms with Gasteiger partial charge < -0.3 is 0 Å². The van der Waals surface area contributed by atoms with Gasteiger partial charge in [-0.1, -0.05) is 41.9 Å². The van der Waals surface area contributed by atoms with Crippen LogP contribution < -0.4 is 0 Å². The molecule has 2 nitrogen and oxygen atoms in total. The van der Waals surface area contributed by atoms with E-state index in [1.807, 2.05) is 31.2 Å². The van der Waals surface area contributed by atoms with Gasteiger partial charge in [0.15, 0.2) is 5.15 Å². The van der Waals surface area contributed by atoms with Crippen molar-refractivity contribution in [1.29, 1.82) is 0 Å². The number of hydrogen-bond acceptors (Lipinski definition) is 2. The van der Waals surface area contributed by atoms with E-state index in [1.165, 1.54) is 5.56 Å². The van der Waals surface area contributed by atoms with E-state index >= 15 is 0 Å². The van der Waals surface area contributed by atoms with Crippen LogP contribution in [0.2, 0.25) is 5.15 Å². The van der Waals surface area contributed by atoms with Crippen LogP contribution in [0, 0.1) is 6.92 Å². The Hall–Kier alpha value is -1.41. The molecule has 0 atom stereocenters. The molecule has 0 N–H and O–H groups in total. The minimum absolute atomic E-state index is 0.479. The van der Waals surface area contributed by atoms with E-state index in [0.29, 0.717) is 5.15 Å².